The Morgan fingerprint density at radius 2 is 2.24 bits per heavy atom. The van der Waals surface area contributed by atoms with E-state index in [-0.39, 0.29) is 19.4 Å². The second kappa shape index (κ2) is 6.48. The summed E-state index contributed by atoms with van der Waals surface area (Å²) in [5.41, 5.74) is 1.30. The van der Waals surface area contributed by atoms with E-state index in [2.05, 4.69) is 20.3 Å². The Morgan fingerprint density at radius 1 is 1.48 bits per heavy atom. The van der Waals surface area contributed by atoms with Gasteiger partial charge >= 0.3 is 7.60 Å². The van der Waals surface area contributed by atoms with Gasteiger partial charge in [0, 0.05) is 13.7 Å². The molecule has 0 aliphatic heterocycles. The summed E-state index contributed by atoms with van der Waals surface area (Å²) in [4.78, 5) is 21.5. The first-order valence-electron chi connectivity index (χ1n) is 6.30. The third-order valence-electron chi connectivity index (χ3n) is 2.68. The van der Waals surface area contributed by atoms with E-state index in [0.29, 0.717) is 17.0 Å². The van der Waals surface area contributed by atoms with Crippen molar-refractivity contribution in [2.75, 3.05) is 25.6 Å². The third kappa shape index (κ3) is 4.21. The Balaban J connectivity index is 1.99. The fraction of sp³-hybridized carbons (Fsp3) is 0.545. The summed E-state index contributed by atoms with van der Waals surface area (Å²) < 4.78 is 23.1. The molecule has 2 heterocycles. The number of fused-ring (bicyclic) bond motifs is 1. The molecule has 9 nitrogen and oxygen atoms in total. The molecule has 10 heteroatoms. The van der Waals surface area contributed by atoms with Gasteiger partial charge in [-0.05, 0) is 6.92 Å². The van der Waals surface area contributed by atoms with Gasteiger partial charge in [0.2, 0.25) is 0 Å². The average molecular weight is 315 g/mol. The zero-order valence-electron chi connectivity index (χ0n) is 12.1. The van der Waals surface area contributed by atoms with Crippen molar-refractivity contribution >= 4 is 24.6 Å². The van der Waals surface area contributed by atoms with Crippen LogP contribution in [0.3, 0.4) is 0 Å². The number of aromatic nitrogens is 4. The predicted molar refractivity (Wildman–Crippen MR) is 77.1 cm³/mol. The van der Waals surface area contributed by atoms with Crippen LogP contribution in [-0.2, 0) is 20.6 Å². The first kappa shape index (κ1) is 15.8. The Labute approximate surface area is 121 Å². The topological polar surface area (TPSA) is 111 Å². The highest BCUT2D eigenvalue weighted by atomic mass is 31.2. The maximum atomic E-state index is 11.0. The average Bonchev–Trinajstić information content (AvgIpc) is 2.85. The maximum Gasteiger partial charge on any atom is 0.325 e. The van der Waals surface area contributed by atoms with Crippen LogP contribution in [0.25, 0.3) is 11.2 Å². The molecule has 0 aliphatic carbocycles. The minimum absolute atomic E-state index is 0.0354. The standard InChI is InChI=1S/C11H18N5O4P/c1-8(4-20-21(3,17)18)19-7-16-6-15-9-10(12-2)13-5-14-11(9)16/h5-6,8H,4,7H2,1-3H3,(H,17,18)(H,12,13,14)/t8-/m0/s1. The highest BCUT2D eigenvalue weighted by Gasteiger charge is 2.14. The summed E-state index contributed by atoms with van der Waals surface area (Å²) in [5.74, 6) is 0.641. The van der Waals surface area contributed by atoms with E-state index in [1.807, 2.05) is 0 Å². The van der Waals surface area contributed by atoms with E-state index in [1.165, 1.54) is 6.33 Å². The molecule has 0 saturated heterocycles. The molecular weight excluding hydrogens is 297 g/mol. The molecule has 2 rings (SSSR count). The van der Waals surface area contributed by atoms with Crippen molar-refractivity contribution in [2.24, 2.45) is 0 Å². The molecule has 2 aromatic rings. The van der Waals surface area contributed by atoms with Crippen molar-refractivity contribution in [2.45, 2.75) is 19.8 Å². The molecule has 2 N–H and O–H groups in total. The number of hydrogen-bond donors (Lipinski definition) is 2. The van der Waals surface area contributed by atoms with Gasteiger partial charge in [-0.2, -0.15) is 0 Å². The van der Waals surface area contributed by atoms with Crippen LogP contribution in [0.15, 0.2) is 12.7 Å². The summed E-state index contributed by atoms with van der Waals surface area (Å²) in [5, 5.41) is 2.94. The molecule has 0 spiro atoms. The highest BCUT2D eigenvalue weighted by Crippen LogP contribution is 2.36. The van der Waals surface area contributed by atoms with Crippen LogP contribution in [0.4, 0.5) is 5.82 Å². The number of nitrogens with zero attached hydrogens (tertiary/aromatic N) is 4. The van der Waals surface area contributed by atoms with Crippen LogP contribution in [0.2, 0.25) is 0 Å². The van der Waals surface area contributed by atoms with Gasteiger partial charge in [0.1, 0.15) is 18.6 Å². The van der Waals surface area contributed by atoms with Crippen LogP contribution in [-0.4, -0.2) is 50.8 Å². The second-order valence-electron chi connectivity index (χ2n) is 4.56. The van der Waals surface area contributed by atoms with E-state index in [9.17, 15) is 4.57 Å². The lowest BCUT2D eigenvalue weighted by Gasteiger charge is -2.15. The summed E-state index contributed by atoms with van der Waals surface area (Å²) in [7, 11) is -1.72. The van der Waals surface area contributed by atoms with Gasteiger partial charge in [-0.15, -0.1) is 0 Å². The van der Waals surface area contributed by atoms with Gasteiger partial charge in [-0.25, -0.2) is 15.0 Å². The molecule has 1 unspecified atom stereocenters. The monoisotopic (exact) mass is 315 g/mol. The minimum Gasteiger partial charge on any atom is -0.371 e. The predicted octanol–water partition coefficient (Wildman–Crippen LogP) is 1.06. The fourth-order valence-corrected chi connectivity index (χ4v) is 2.14. The van der Waals surface area contributed by atoms with Crippen LogP contribution < -0.4 is 5.32 Å². The molecule has 0 aromatic carbocycles. The number of nitrogens with one attached hydrogen (secondary N) is 1. The SMILES string of the molecule is CNc1ncnc2c1ncn2CO[C@@H](C)COP(C)(=O)O. The molecule has 2 aromatic heterocycles. The highest BCUT2D eigenvalue weighted by molar-refractivity contribution is 7.51. The fourth-order valence-electron chi connectivity index (χ4n) is 1.66. The van der Waals surface area contributed by atoms with E-state index >= 15 is 0 Å². The first-order chi connectivity index (χ1) is 9.90. The van der Waals surface area contributed by atoms with Crippen LogP contribution in [0.1, 0.15) is 6.92 Å². The number of ether oxygens (including phenoxy) is 1. The lowest BCUT2D eigenvalue weighted by atomic mass is 10.4. The van der Waals surface area contributed by atoms with Crippen LogP contribution >= 0.6 is 7.60 Å². The normalized spacial score (nSPS) is 15.8. The van der Waals surface area contributed by atoms with E-state index in [0.717, 1.165) is 6.66 Å². The largest absolute Gasteiger partial charge is 0.371 e. The molecule has 2 atom stereocenters. The number of imidazole rings is 1. The summed E-state index contributed by atoms with van der Waals surface area (Å²) in [6.45, 7) is 3.14. The van der Waals surface area contributed by atoms with Crippen LogP contribution in [0.5, 0.6) is 0 Å². The molecule has 0 bridgehead atoms. The summed E-state index contributed by atoms with van der Waals surface area (Å²) in [6, 6.07) is 0. The Kier molecular flexibility index (Phi) is 4.89. The minimum atomic E-state index is -3.48. The van der Waals surface area contributed by atoms with Crippen LogP contribution in [0, 0.1) is 0 Å². The number of rotatable bonds is 7. The van der Waals surface area contributed by atoms with Gasteiger partial charge < -0.3 is 19.5 Å². The molecule has 0 aliphatic rings. The quantitative estimate of drug-likeness (QED) is 0.730. The Bertz CT molecular complexity index is 655. The van der Waals surface area contributed by atoms with Crippen molar-refractivity contribution < 1.29 is 18.7 Å². The van der Waals surface area contributed by atoms with E-state index in [4.69, 9.17) is 14.2 Å². The van der Waals surface area contributed by atoms with Crippen molar-refractivity contribution in [1.29, 1.82) is 0 Å². The van der Waals surface area contributed by atoms with Gasteiger partial charge in [-0.3, -0.25) is 9.13 Å². The summed E-state index contributed by atoms with van der Waals surface area (Å²) >= 11 is 0. The number of hydrogen-bond acceptors (Lipinski definition) is 7. The maximum absolute atomic E-state index is 11.0. The van der Waals surface area contributed by atoms with Crippen molar-refractivity contribution in [1.82, 2.24) is 19.5 Å². The first-order valence-corrected chi connectivity index (χ1v) is 8.33. The van der Waals surface area contributed by atoms with Gasteiger partial charge in [-0.1, -0.05) is 0 Å². The molecular formula is C11H18N5O4P. The molecule has 116 valence electrons. The molecule has 0 fully saturated rings. The van der Waals surface area contributed by atoms with E-state index in [1.54, 1.807) is 24.9 Å². The summed E-state index contributed by atoms with van der Waals surface area (Å²) in [6.07, 6.45) is 2.70. The van der Waals surface area contributed by atoms with Gasteiger partial charge in [0.25, 0.3) is 0 Å². The lowest BCUT2D eigenvalue weighted by Crippen LogP contribution is -2.17. The molecule has 0 amide bonds. The third-order valence-corrected chi connectivity index (χ3v) is 3.31. The smallest absolute Gasteiger partial charge is 0.325 e. The van der Waals surface area contributed by atoms with Crippen molar-refractivity contribution in [3.8, 4) is 0 Å². The second-order valence-corrected chi connectivity index (χ2v) is 6.43. The Hall–Kier alpha value is -1.54. The van der Waals surface area contributed by atoms with E-state index < -0.39 is 7.60 Å². The Morgan fingerprint density at radius 3 is 2.90 bits per heavy atom. The van der Waals surface area contributed by atoms with Crippen molar-refractivity contribution in [3.05, 3.63) is 12.7 Å². The lowest BCUT2D eigenvalue weighted by molar-refractivity contribution is -0.00744. The molecule has 0 radical (unpaired) electrons. The zero-order chi connectivity index (χ0) is 15.5. The zero-order valence-corrected chi connectivity index (χ0v) is 12.9. The van der Waals surface area contributed by atoms with Crippen molar-refractivity contribution in [3.63, 3.8) is 0 Å². The van der Waals surface area contributed by atoms with Gasteiger partial charge in [0.05, 0.1) is 19.0 Å². The molecule has 0 saturated carbocycles. The van der Waals surface area contributed by atoms with Gasteiger partial charge in [0.15, 0.2) is 11.5 Å². The number of anilines is 1. The molecule has 21 heavy (non-hydrogen) atoms.